The van der Waals surface area contributed by atoms with Gasteiger partial charge in [0.1, 0.15) is 6.61 Å². The number of aryl methyl sites for hydroxylation is 2. The van der Waals surface area contributed by atoms with Crippen LogP contribution in [-0.4, -0.2) is 21.5 Å². The molecule has 1 N–H and O–H groups in total. The fraction of sp³-hybridized carbons (Fsp3) is 0.455. The Bertz CT molecular complexity index is 385. The van der Waals surface area contributed by atoms with Gasteiger partial charge < -0.3 is 4.74 Å². The summed E-state index contributed by atoms with van der Waals surface area (Å²) in [5.74, 6) is 0.165. The van der Waals surface area contributed by atoms with Gasteiger partial charge in [-0.15, -0.1) is 0 Å². The Hall–Kier alpha value is -0.980. The van der Waals surface area contributed by atoms with Crippen molar-refractivity contribution in [2.45, 2.75) is 26.9 Å². The second-order valence-corrected chi connectivity index (χ2v) is 4.32. The van der Waals surface area contributed by atoms with Crippen molar-refractivity contribution in [1.29, 1.82) is 0 Å². The van der Waals surface area contributed by atoms with Crippen LogP contribution in [0, 0.1) is 13.8 Å². The second kappa shape index (κ2) is 6.68. The van der Waals surface area contributed by atoms with Gasteiger partial charge in [0, 0.05) is 5.33 Å². The average molecular weight is 304 g/mol. The maximum atomic E-state index is 11.4. The highest BCUT2D eigenvalue weighted by atomic mass is 79.9. The first-order chi connectivity index (χ1) is 8.08. The molecule has 0 unspecified atom stereocenters. The third-order valence-electron chi connectivity index (χ3n) is 2.11. The second-order valence-electron chi connectivity index (χ2n) is 3.53. The summed E-state index contributed by atoms with van der Waals surface area (Å²) < 4.78 is 5.21. The quantitative estimate of drug-likeness (QED) is 0.391. The Kier molecular flexibility index (Phi) is 5.54. The zero-order valence-corrected chi connectivity index (χ0v) is 11.3. The number of hydrogen-bond donors (Lipinski definition) is 1. The number of aromatic nitrogens is 1. The topological polar surface area (TPSA) is 68.7 Å². The molecule has 0 aliphatic heterocycles. The molecule has 1 rings (SSSR count). The fourth-order valence-corrected chi connectivity index (χ4v) is 1.76. The van der Waals surface area contributed by atoms with E-state index < -0.39 is 0 Å². The van der Waals surface area contributed by atoms with Crippen molar-refractivity contribution in [3.05, 3.63) is 23.0 Å². The van der Waals surface area contributed by atoms with Gasteiger partial charge in [0.2, 0.25) is 0 Å². The number of carbonyl (C=O) groups is 1. The van der Waals surface area contributed by atoms with E-state index in [1.807, 2.05) is 6.92 Å². The monoisotopic (exact) mass is 303 g/mol. The van der Waals surface area contributed by atoms with Crippen LogP contribution in [0.5, 0.6) is 5.75 Å². The summed E-state index contributed by atoms with van der Waals surface area (Å²) in [5, 5.41) is 8.92. The average Bonchev–Trinajstić information content (AvgIpc) is 2.24. The van der Waals surface area contributed by atoms with E-state index in [0.717, 1.165) is 5.56 Å². The Morgan fingerprint density at radius 2 is 2.24 bits per heavy atom. The number of hydrogen-bond acceptors (Lipinski definition) is 5. The van der Waals surface area contributed by atoms with Crippen LogP contribution < -0.4 is 4.74 Å². The Morgan fingerprint density at radius 1 is 1.53 bits per heavy atom. The molecule has 0 fully saturated rings. The summed E-state index contributed by atoms with van der Waals surface area (Å²) in [6.07, 6.45) is 0.306. The van der Waals surface area contributed by atoms with Crippen LogP contribution >= 0.6 is 15.9 Å². The lowest BCUT2D eigenvalue weighted by Crippen LogP contribution is -2.11. The minimum atomic E-state index is -0.305. The zero-order valence-electron chi connectivity index (χ0n) is 9.70. The lowest BCUT2D eigenvalue weighted by Gasteiger charge is -2.11. The highest BCUT2D eigenvalue weighted by Crippen LogP contribution is 2.23. The summed E-state index contributed by atoms with van der Waals surface area (Å²) in [6, 6.07) is 1.71. The molecule has 94 valence electrons. The van der Waals surface area contributed by atoms with Gasteiger partial charge in [-0.05, 0) is 25.5 Å². The van der Waals surface area contributed by atoms with E-state index in [1.54, 1.807) is 13.0 Å². The van der Waals surface area contributed by atoms with Gasteiger partial charge in [-0.2, -0.15) is 0 Å². The third kappa shape index (κ3) is 4.07. The van der Waals surface area contributed by atoms with Gasteiger partial charge in [0.25, 0.3) is 0 Å². The molecule has 0 aliphatic carbocycles. The molecule has 1 aromatic heterocycles. The summed E-state index contributed by atoms with van der Waals surface area (Å²) in [5.41, 5.74) is 1.97. The van der Waals surface area contributed by atoms with Gasteiger partial charge in [0.15, 0.2) is 5.75 Å². The number of nitrogens with zero attached hydrogens (tertiary/aromatic N) is 1. The van der Waals surface area contributed by atoms with E-state index in [4.69, 9.17) is 9.99 Å². The van der Waals surface area contributed by atoms with E-state index >= 15 is 0 Å². The van der Waals surface area contributed by atoms with E-state index in [0.29, 0.717) is 28.9 Å². The van der Waals surface area contributed by atoms with Gasteiger partial charge in [-0.3, -0.25) is 15.0 Å². The van der Waals surface area contributed by atoms with Crippen LogP contribution in [0.4, 0.5) is 0 Å². The molecule has 17 heavy (non-hydrogen) atoms. The van der Waals surface area contributed by atoms with Crippen molar-refractivity contribution in [3.63, 3.8) is 0 Å². The predicted octanol–water partition coefficient (Wildman–Crippen LogP) is 2.38. The maximum Gasteiger partial charge on any atom is 0.312 e. The molecule has 0 saturated carbocycles. The van der Waals surface area contributed by atoms with Gasteiger partial charge >= 0.3 is 5.97 Å². The third-order valence-corrected chi connectivity index (χ3v) is 2.50. The molecule has 0 amide bonds. The van der Waals surface area contributed by atoms with Crippen molar-refractivity contribution >= 4 is 21.9 Å². The number of ether oxygens (including phenoxy) is 1. The van der Waals surface area contributed by atoms with Crippen LogP contribution in [0.3, 0.4) is 0 Å². The Morgan fingerprint density at radius 3 is 2.76 bits per heavy atom. The van der Waals surface area contributed by atoms with Crippen molar-refractivity contribution in [2.75, 3.05) is 5.33 Å². The van der Waals surface area contributed by atoms with Crippen LogP contribution in [0.15, 0.2) is 6.07 Å². The van der Waals surface area contributed by atoms with E-state index in [1.165, 1.54) is 0 Å². The predicted molar refractivity (Wildman–Crippen MR) is 65.2 cm³/mol. The first kappa shape index (κ1) is 14.1. The molecule has 0 aliphatic rings. The summed E-state index contributed by atoms with van der Waals surface area (Å²) in [7, 11) is 0. The molecule has 0 bridgehead atoms. The van der Waals surface area contributed by atoms with E-state index in [9.17, 15) is 4.79 Å². The standard InChI is InChI=1S/C11H14BrNO4/c1-7-5-9(6-16-15)13-8(2)11(7)17-10(14)3-4-12/h5,15H,3-4,6H2,1-2H3. The number of rotatable bonds is 5. The van der Waals surface area contributed by atoms with Crippen LogP contribution in [0.1, 0.15) is 23.4 Å². The minimum Gasteiger partial charge on any atom is -0.424 e. The van der Waals surface area contributed by atoms with Gasteiger partial charge in [0.05, 0.1) is 17.8 Å². The zero-order chi connectivity index (χ0) is 12.8. The van der Waals surface area contributed by atoms with Gasteiger partial charge in [-0.1, -0.05) is 15.9 Å². The van der Waals surface area contributed by atoms with Crippen molar-refractivity contribution in [2.24, 2.45) is 0 Å². The van der Waals surface area contributed by atoms with Crippen LogP contribution in [0.25, 0.3) is 0 Å². The Labute approximate surface area is 108 Å². The molecular weight excluding hydrogens is 290 g/mol. The number of alkyl halides is 1. The minimum absolute atomic E-state index is 0.0112. The number of pyridine rings is 1. The first-order valence-corrected chi connectivity index (χ1v) is 6.20. The molecule has 5 nitrogen and oxygen atoms in total. The molecule has 6 heteroatoms. The SMILES string of the molecule is Cc1cc(COO)nc(C)c1OC(=O)CCBr. The lowest BCUT2D eigenvalue weighted by molar-refractivity contribution is -0.253. The van der Waals surface area contributed by atoms with Crippen LogP contribution in [-0.2, 0) is 16.3 Å². The first-order valence-electron chi connectivity index (χ1n) is 5.08. The van der Waals surface area contributed by atoms with Gasteiger partial charge in [-0.25, -0.2) is 4.89 Å². The maximum absolute atomic E-state index is 11.4. The summed E-state index contributed by atoms with van der Waals surface area (Å²) >= 11 is 3.17. The number of halogens is 1. The highest BCUT2D eigenvalue weighted by Gasteiger charge is 2.12. The normalized spacial score (nSPS) is 10.4. The molecular formula is C11H14BrNO4. The van der Waals surface area contributed by atoms with Crippen molar-refractivity contribution in [3.8, 4) is 5.75 Å². The van der Waals surface area contributed by atoms with Crippen molar-refractivity contribution < 1.29 is 19.7 Å². The number of carbonyl (C=O) groups excluding carboxylic acids is 1. The molecule has 0 atom stereocenters. The largest absolute Gasteiger partial charge is 0.424 e. The molecule has 0 spiro atoms. The molecule has 0 radical (unpaired) electrons. The Balaban J connectivity index is 2.89. The molecule has 0 aromatic carbocycles. The lowest BCUT2D eigenvalue weighted by atomic mass is 10.2. The van der Waals surface area contributed by atoms with E-state index in [2.05, 4.69) is 25.8 Å². The summed E-state index contributed by atoms with van der Waals surface area (Å²) in [4.78, 5) is 19.6. The summed E-state index contributed by atoms with van der Waals surface area (Å²) in [6.45, 7) is 3.56. The van der Waals surface area contributed by atoms with E-state index in [-0.39, 0.29) is 12.6 Å². The molecule has 1 aromatic rings. The molecule has 0 saturated heterocycles. The fourth-order valence-electron chi connectivity index (χ4n) is 1.44. The van der Waals surface area contributed by atoms with Crippen LogP contribution in [0.2, 0.25) is 0 Å². The number of esters is 1. The highest BCUT2D eigenvalue weighted by molar-refractivity contribution is 9.09. The van der Waals surface area contributed by atoms with Crippen molar-refractivity contribution in [1.82, 2.24) is 4.98 Å². The molecule has 1 heterocycles. The smallest absolute Gasteiger partial charge is 0.312 e.